The van der Waals surface area contributed by atoms with E-state index in [2.05, 4.69) is 25.9 Å². The molecule has 2 aliphatic rings. The van der Waals surface area contributed by atoms with Crippen molar-refractivity contribution in [2.24, 2.45) is 5.41 Å². The third-order valence-corrected chi connectivity index (χ3v) is 4.43. The number of anilines is 1. The van der Waals surface area contributed by atoms with Gasteiger partial charge in [0.05, 0.1) is 12.0 Å². The van der Waals surface area contributed by atoms with E-state index in [1.54, 1.807) is 0 Å². The summed E-state index contributed by atoms with van der Waals surface area (Å²) in [5, 5.41) is 1.13. The largest absolute Gasteiger partial charge is 0.381 e. The fourth-order valence-electron chi connectivity index (χ4n) is 3.36. The molecule has 0 amide bonds. The molecule has 0 bridgehead atoms. The quantitative estimate of drug-likeness (QED) is 0.848. The molecule has 0 unspecified atom stereocenters. The minimum Gasteiger partial charge on any atom is -0.381 e. The highest BCUT2D eigenvalue weighted by Gasteiger charge is 2.42. The fraction of sp³-hybridized carbons (Fsp3) is 0.571. The summed E-state index contributed by atoms with van der Waals surface area (Å²) in [5.41, 5.74) is 1.30. The van der Waals surface area contributed by atoms with Gasteiger partial charge in [-0.15, -0.1) is 0 Å². The number of nitrogens with zero attached hydrogens (tertiary/aromatic N) is 3. The highest BCUT2D eigenvalue weighted by molar-refractivity contribution is 5.87. The van der Waals surface area contributed by atoms with E-state index >= 15 is 0 Å². The minimum absolute atomic E-state index is 0.363. The summed E-state index contributed by atoms with van der Waals surface area (Å²) in [4.78, 5) is 14.7. The van der Waals surface area contributed by atoms with Gasteiger partial charge in [-0.25, -0.2) is 9.97 Å². The van der Waals surface area contributed by atoms with E-state index in [4.69, 9.17) is 4.74 Å². The maximum absolute atomic E-state index is 5.60. The molecule has 1 spiro atoms. The van der Waals surface area contributed by atoms with Crippen molar-refractivity contribution in [3.05, 3.63) is 18.1 Å². The average Bonchev–Trinajstić information content (AvgIpc) is 3.11. The molecule has 4 heterocycles. The second-order valence-corrected chi connectivity index (χ2v) is 5.81. The van der Waals surface area contributed by atoms with E-state index in [0.29, 0.717) is 5.41 Å². The van der Waals surface area contributed by atoms with Crippen molar-refractivity contribution >= 4 is 16.9 Å². The number of hydrogen-bond donors (Lipinski definition) is 1. The fourth-order valence-corrected chi connectivity index (χ4v) is 3.36. The molecule has 2 saturated heterocycles. The van der Waals surface area contributed by atoms with Crippen LogP contribution < -0.4 is 4.90 Å². The SMILES string of the molecule is Cc1nc(N2CC[C@@]3(CCOC3)C2)c2cc[nH]c2n1. The molecule has 5 heteroatoms. The van der Waals surface area contributed by atoms with Crippen LogP contribution in [0.3, 0.4) is 0 Å². The Labute approximate surface area is 112 Å². The Bertz CT molecular complexity index is 615. The molecule has 1 N–H and O–H groups in total. The average molecular weight is 258 g/mol. The predicted molar refractivity (Wildman–Crippen MR) is 73.3 cm³/mol. The van der Waals surface area contributed by atoms with Crippen LogP contribution in [0.4, 0.5) is 5.82 Å². The lowest BCUT2D eigenvalue weighted by Crippen LogP contribution is -2.28. The van der Waals surface area contributed by atoms with Crippen molar-refractivity contribution < 1.29 is 4.74 Å². The third-order valence-electron chi connectivity index (χ3n) is 4.43. The van der Waals surface area contributed by atoms with Crippen LogP contribution in [0, 0.1) is 12.3 Å². The van der Waals surface area contributed by atoms with Gasteiger partial charge in [0.15, 0.2) is 0 Å². The van der Waals surface area contributed by atoms with Crippen LogP contribution in [0.5, 0.6) is 0 Å². The van der Waals surface area contributed by atoms with Crippen LogP contribution in [-0.2, 0) is 4.74 Å². The number of aromatic nitrogens is 3. The number of ether oxygens (including phenoxy) is 1. The Balaban J connectivity index is 1.73. The summed E-state index contributed by atoms with van der Waals surface area (Å²) in [6.45, 7) is 5.90. The van der Waals surface area contributed by atoms with Crippen molar-refractivity contribution in [1.29, 1.82) is 0 Å². The first-order chi connectivity index (χ1) is 9.26. The molecule has 0 aliphatic carbocycles. The van der Waals surface area contributed by atoms with Crippen LogP contribution in [0.1, 0.15) is 18.7 Å². The normalized spacial score (nSPS) is 26.9. The smallest absolute Gasteiger partial charge is 0.143 e. The van der Waals surface area contributed by atoms with E-state index in [-0.39, 0.29) is 0 Å². The van der Waals surface area contributed by atoms with Gasteiger partial charge in [0.25, 0.3) is 0 Å². The summed E-state index contributed by atoms with van der Waals surface area (Å²) in [7, 11) is 0. The Morgan fingerprint density at radius 2 is 2.32 bits per heavy atom. The molecule has 1 atom stereocenters. The van der Waals surface area contributed by atoms with E-state index in [1.807, 2.05) is 13.1 Å². The molecule has 0 radical (unpaired) electrons. The van der Waals surface area contributed by atoms with Gasteiger partial charge < -0.3 is 14.6 Å². The van der Waals surface area contributed by atoms with Crippen LogP contribution in [0.15, 0.2) is 12.3 Å². The van der Waals surface area contributed by atoms with Gasteiger partial charge >= 0.3 is 0 Å². The van der Waals surface area contributed by atoms with Crippen molar-refractivity contribution in [3.63, 3.8) is 0 Å². The molecule has 2 aromatic heterocycles. The Hall–Kier alpha value is -1.62. The first kappa shape index (κ1) is 11.2. The number of hydrogen-bond acceptors (Lipinski definition) is 4. The molecule has 4 rings (SSSR count). The Kier molecular flexibility index (Phi) is 2.33. The predicted octanol–water partition coefficient (Wildman–Crippen LogP) is 1.88. The molecule has 2 aromatic rings. The summed E-state index contributed by atoms with van der Waals surface area (Å²) >= 11 is 0. The van der Waals surface area contributed by atoms with Gasteiger partial charge in [0.2, 0.25) is 0 Å². The number of H-pyrrole nitrogens is 1. The maximum Gasteiger partial charge on any atom is 0.143 e. The molecule has 2 fully saturated rings. The van der Waals surface area contributed by atoms with E-state index < -0.39 is 0 Å². The van der Waals surface area contributed by atoms with Gasteiger partial charge in [0, 0.05) is 31.3 Å². The Morgan fingerprint density at radius 1 is 1.37 bits per heavy atom. The summed E-state index contributed by atoms with van der Waals surface area (Å²) < 4.78 is 5.60. The van der Waals surface area contributed by atoms with E-state index in [9.17, 15) is 0 Å². The molecule has 19 heavy (non-hydrogen) atoms. The standard InChI is InChI=1S/C14H18N4O/c1-10-16-12-11(2-5-15-12)13(17-10)18-6-3-14(8-18)4-7-19-9-14/h2,5H,3-4,6-9H2,1H3,(H,15,16,17)/t14-/m1/s1. The van der Waals surface area contributed by atoms with Gasteiger partial charge in [-0.2, -0.15) is 0 Å². The summed E-state index contributed by atoms with van der Waals surface area (Å²) in [5.74, 6) is 1.90. The Morgan fingerprint density at radius 3 is 3.16 bits per heavy atom. The number of rotatable bonds is 1. The molecular formula is C14H18N4O. The van der Waals surface area contributed by atoms with Crippen LogP contribution in [-0.4, -0.2) is 41.3 Å². The molecule has 0 saturated carbocycles. The highest BCUT2D eigenvalue weighted by atomic mass is 16.5. The van der Waals surface area contributed by atoms with Gasteiger partial charge in [-0.05, 0) is 25.8 Å². The summed E-state index contributed by atoms with van der Waals surface area (Å²) in [6, 6.07) is 2.07. The van der Waals surface area contributed by atoms with Gasteiger partial charge in [-0.1, -0.05) is 0 Å². The van der Waals surface area contributed by atoms with Crippen molar-refractivity contribution in [3.8, 4) is 0 Å². The van der Waals surface area contributed by atoms with Crippen molar-refractivity contribution in [2.45, 2.75) is 19.8 Å². The number of aromatic amines is 1. The van der Waals surface area contributed by atoms with Crippen LogP contribution >= 0.6 is 0 Å². The summed E-state index contributed by atoms with van der Waals surface area (Å²) in [6.07, 6.45) is 4.33. The van der Waals surface area contributed by atoms with Crippen LogP contribution in [0.25, 0.3) is 11.0 Å². The zero-order valence-electron chi connectivity index (χ0n) is 11.1. The number of fused-ring (bicyclic) bond motifs is 1. The molecule has 100 valence electrons. The zero-order valence-corrected chi connectivity index (χ0v) is 11.1. The van der Waals surface area contributed by atoms with E-state index in [0.717, 1.165) is 49.0 Å². The monoisotopic (exact) mass is 258 g/mol. The number of aryl methyl sites for hydroxylation is 1. The maximum atomic E-state index is 5.60. The molecule has 5 nitrogen and oxygen atoms in total. The molecule has 0 aromatic carbocycles. The van der Waals surface area contributed by atoms with E-state index in [1.165, 1.54) is 12.8 Å². The van der Waals surface area contributed by atoms with Gasteiger partial charge in [0.1, 0.15) is 17.3 Å². The topological polar surface area (TPSA) is 54.0 Å². The van der Waals surface area contributed by atoms with Gasteiger partial charge in [-0.3, -0.25) is 0 Å². The van der Waals surface area contributed by atoms with Crippen molar-refractivity contribution in [2.75, 3.05) is 31.2 Å². The second kappa shape index (κ2) is 3.93. The second-order valence-electron chi connectivity index (χ2n) is 5.81. The third kappa shape index (κ3) is 1.72. The zero-order chi connectivity index (χ0) is 12.9. The van der Waals surface area contributed by atoms with Crippen LogP contribution in [0.2, 0.25) is 0 Å². The number of nitrogens with one attached hydrogen (secondary N) is 1. The lowest BCUT2D eigenvalue weighted by atomic mass is 9.87. The first-order valence-corrected chi connectivity index (χ1v) is 6.90. The lowest BCUT2D eigenvalue weighted by Gasteiger charge is -2.23. The lowest BCUT2D eigenvalue weighted by molar-refractivity contribution is 0.160. The highest BCUT2D eigenvalue weighted by Crippen LogP contribution is 2.40. The minimum atomic E-state index is 0.363. The molecule has 2 aliphatic heterocycles. The first-order valence-electron chi connectivity index (χ1n) is 6.90. The molecular weight excluding hydrogens is 240 g/mol. The van der Waals surface area contributed by atoms with Crippen molar-refractivity contribution in [1.82, 2.24) is 15.0 Å².